The Hall–Kier alpha value is -1.81. The van der Waals surface area contributed by atoms with E-state index < -0.39 is 0 Å². The number of nitrogens with two attached hydrogens (primary N) is 1. The van der Waals surface area contributed by atoms with E-state index in [0.29, 0.717) is 6.54 Å². The first-order valence-corrected chi connectivity index (χ1v) is 5.77. The van der Waals surface area contributed by atoms with Crippen LogP contribution in [0.15, 0.2) is 34.9 Å². The molecule has 1 aromatic carbocycles. The SMILES string of the molecule is CCc1cnc(CNCc2ccccc2N)o1. The zero-order valence-electron chi connectivity index (χ0n) is 9.94. The van der Waals surface area contributed by atoms with Crippen LogP contribution in [0.5, 0.6) is 0 Å². The fourth-order valence-corrected chi connectivity index (χ4v) is 1.59. The Balaban J connectivity index is 1.85. The number of hydrogen-bond acceptors (Lipinski definition) is 4. The fraction of sp³-hybridized carbons (Fsp3) is 0.308. The molecular weight excluding hydrogens is 214 g/mol. The summed E-state index contributed by atoms with van der Waals surface area (Å²) >= 11 is 0. The molecule has 0 radical (unpaired) electrons. The number of benzene rings is 1. The van der Waals surface area contributed by atoms with Gasteiger partial charge < -0.3 is 15.5 Å². The van der Waals surface area contributed by atoms with Crippen LogP contribution >= 0.6 is 0 Å². The average Bonchev–Trinajstić information content (AvgIpc) is 2.80. The van der Waals surface area contributed by atoms with Crippen molar-refractivity contribution in [3.63, 3.8) is 0 Å². The van der Waals surface area contributed by atoms with Crippen molar-refractivity contribution in [1.29, 1.82) is 0 Å². The molecule has 1 heterocycles. The molecular formula is C13H17N3O. The van der Waals surface area contributed by atoms with Gasteiger partial charge in [-0.25, -0.2) is 4.98 Å². The first-order chi connectivity index (χ1) is 8.29. The summed E-state index contributed by atoms with van der Waals surface area (Å²) in [7, 11) is 0. The minimum atomic E-state index is 0.619. The average molecular weight is 231 g/mol. The van der Waals surface area contributed by atoms with Gasteiger partial charge in [-0.15, -0.1) is 0 Å². The predicted molar refractivity (Wildman–Crippen MR) is 67.3 cm³/mol. The third-order valence-corrected chi connectivity index (χ3v) is 2.60. The van der Waals surface area contributed by atoms with Gasteiger partial charge in [-0.1, -0.05) is 25.1 Å². The van der Waals surface area contributed by atoms with E-state index in [9.17, 15) is 0 Å². The normalized spacial score (nSPS) is 10.6. The number of nitrogens with one attached hydrogen (secondary N) is 1. The molecule has 0 unspecified atom stereocenters. The first-order valence-electron chi connectivity index (χ1n) is 5.77. The van der Waals surface area contributed by atoms with Gasteiger partial charge in [-0.2, -0.15) is 0 Å². The summed E-state index contributed by atoms with van der Waals surface area (Å²) in [5.74, 6) is 1.64. The van der Waals surface area contributed by atoms with Crippen LogP contribution in [-0.4, -0.2) is 4.98 Å². The Morgan fingerprint density at radius 2 is 2.12 bits per heavy atom. The van der Waals surface area contributed by atoms with Crippen molar-refractivity contribution in [2.75, 3.05) is 5.73 Å². The van der Waals surface area contributed by atoms with Crippen LogP contribution in [0.3, 0.4) is 0 Å². The van der Waals surface area contributed by atoms with E-state index in [1.807, 2.05) is 31.2 Å². The molecule has 0 aliphatic heterocycles. The lowest BCUT2D eigenvalue weighted by atomic mass is 10.2. The number of nitrogens with zero attached hydrogens (tertiary/aromatic N) is 1. The van der Waals surface area contributed by atoms with Gasteiger partial charge in [-0.05, 0) is 11.6 Å². The summed E-state index contributed by atoms with van der Waals surface area (Å²) in [5.41, 5.74) is 7.75. The molecule has 17 heavy (non-hydrogen) atoms. The second-order valence-electron chi connectivity index (χ2n) is 3.88. The molecule has 90 valence electrons. The van der Waals surface area contributed by atoms with Crippen molar-refractivity contribution in [2.45, 2.75) is 26.4 Å². The van der Waals surface area contributed by atoms with E-state index >= 15 is 0 Å². The Morgan fingerprint density at radius 1 is 1.29 bits per heavy atom. The molecule has 0 amide bonds. The lowest BCUT2D eigenvalue weighted by Crippen LogP contribution is -2.13. The Morgan fingerprint density at radius 3 is 2.82 bits per heavy atom. The van der Waals surface area contributed by atoms with Crippen molar-refractivity contribution in [2.24, 2.45) is 0 Å². The number of anilines is 1. The van der Waals surface area contributed by atoms with Crippen LogP contribution < -0.4 is 11.1 Å². The van der Waals surface area contributed by atoms with Crippen molar-refractivity contribution >= 4 is 5.69 Å². The van der Waals surface area contributed by atoms with Crippen molar-refractivity contribution in [1.82, 2.24) is 10.3 Å². The van der Waals surface area contributed by atoms with Gasteiger partial charge in [0.15, 0.2) is 0 Å². The molecule has 0 bridgehead atoms. The summed E-state index contributed by atoms with van der Waals surface area (Å²) in [6.45, 7) is 3.38. The minimum Gasteiger partial charge on any atom is -0.444 e. The lowest BCUT2D eigenvalue weighted by molar-refractivity contribution is 0.439. The summed E-state index contributed by atoms with van der Waals surface area (Å²) in [6.07, 6.45) is 2.65. The number of nitrogen functional groups attached to an aromatic ring is 1. The maximum atomic E-state index is 5.85. The highest BCUT2D eigenvalue weighted by molar-refractivity contribution is 5.46. The molecule has 0 saturated heterocycles. The summed E-state index contributed by atoms with van der Waals surface area (Å²) < 4.78 is 5.50. The van der Waals surface area contributed by atoms with Crippen molar-refractivity contribution < 1.29 is 4.42 Å². The molecule has 3 N–H and O–H groups in total. The first kappa shape index (κ1) is 11.7. The Kier molecular flexibility index (Phi) is 3.77. The van der Waals surface area contributed by atoms with Gasteiger partial charge >= 0.3 is 0 Å². The topological polar surface area (TPSA) is 64.1 Å². The zero-order chi connectivity index (χ0) is 12.1. The van der Waals surface area contributed by atoms with E-state index in [4.69, 9.17) is 10.2 Å². The highest BCUT2D eigenvalue weighted by Crippen LogP contribution is 2.10. The third-order valence-electron chi connectivity index (χ3n) is 2.60. The van der Waals surface area contributed by atoms with Crippen LogP contribution in [0, 0.1) is 0 Å². The molecule has 0 aliphatic carbocycles. The molecule has 4 nitrogen and oxygen atoms in total. The quantitative estimate of drug-likeness (QED) is 0.773. The maximum Gasteiger partial charge on any atom is 0.208 e. The highest BCUT2D eigenvalue weighted by Gasteiger charge is 2.02. The zero-order valence-corrected chi connectivity index (χ0v) is 9.94. The van der Waals surface area contributed by atoms with Crippen LogP contribution in [0.1, 0.15) is 24.1 Å². The number of rotatable bonds is 5. The van der Waals surface area contributed by atoms with Gasteiger partial charge in [0.05, 0.1) is 12.7 Å². The monoisotopic (exact) mass is 231 g/mol. The fourth-order valence-electron chi connectivity index (χ4n) is 1.59. The maximum absolute atomic E-state index is 5.85. The second kappa shape index (κ2) is 5.50. The summed E-state index contributed by atoms with van der Waals surface area (Å²) in [4.78, 5) is 4.18. The Labute approximate surface area is 101 Å². The van der Waals surface area contributed by atoms with Gasteiger partial charge in [0, 0.05) is 18.7 Å². The van der Waals surface area contributed by atoms with Crippen LogP contribution in [0.2, 0.25) is 0 Å². The highest BCUT2D eigenvalue weighted by atomic mass is 16.4. The van der Waals surface area contributed by atoms with E-state index in [0.717, 1.165) is 35.9 Å². The number of para-hydroxylation sites is 1. The van der Waals surface area contributed by atoms with Gasteiger partial charge in [0.25, 0.3) is 0 Å². The largest absolute Gasteiger partial charge is 0.444 e. The predicted octanol–water partition coefficient (Wildman–Crippen LogP) is 2.11. The molecule has 4 heteroatoms. The second-order valence-corrected chi connectivity index (χ2v) is 3.88. The smallest absolute Gasteiger partial charge is 0.208 e. The minimum absolute atomic E-state index is 0.619. The van der Waals surface area contributed by atoms with Crippen LogP contribution in [-0.2, 0) is 19.5 Å². The van der Waals surface area contributed by atoms with Crippen LogP contribution in [0.25, 0.3) is 0 Å². The lowest BCUT2D eigenvalue weighted by Gasteiger charge is -2.05. The van der Waals surface area contributed by atoms with Crippen molar-refractivity contribution in [3.8, 4) is 0 Å². The molecule has 2 rings (SSSR count). The van der Waals surface area contributed by atoms with Crippen molar-refractivity contribution in [3.05, 3.63) is 47.7 Å². The Bertz CT molecular complexity index is 479. The van der Waals surface area contributed by atoms with Gasteiger partial charge in [-0.3, -0.25) is 0 Å². The molecule has 0 aliphatic rings. The van der Waals surface area contributed by atoms with E-state index in [2.05, 4.69) is 10.3 Å². The van der Waals surface area contributed by atoms with Gasteiger partial charge in [0.1, 0.15) is 5.76 Å². The summed E-state index contributed by atoms with van der Waals surface area (Å²) in [6, 6.07) is 7.82. The molecule has 0 saturated carbocycles. The third kappa shape index (κ3) is 3.07. The molecule has 0 fully saturated rings. The molecule has 1 aromatic heterocycles. The molecule has 0 atom stereocenters. The standard InChI is InChI=1S/C13H17N3O/c1-2-11-8-16-13(17-11)9-15-7-10-5-3-4-6-12(10)14/h3-6,8,15H,2,7,9,14H2,1H3. The molecule has 0 spiro atoms. The van der Waals surface area contributed by atoms with Crippen LogP contribution in [0.4, 0.5) is 5.69 Å². The van der Waals surface area contributed by atoms with E-state index in [-0.39, 0.29) is 0 Å². The number of aryl methyl sites for hydroxylation is 1. The summed E-state index contributed by atoms with van der Waals surface area (Å²) in [5, 5.41) is 3.26. The number of oxazole rings is 1. The number of aromatic nitrogens is 1. The molecule has 2 aromatic rings. The number of hydrogen-bond donors (Lipinski definition) is 2. The van der Waals surface area contributed by atoms with Gasteiger partial charge in [0.2, 0.25) is 5.89 Å². The van der Waals surface area contributed by atoms with E-state index in [1.54, 1.807) is 6.20 Å². The van der Waals surface area contributed by atoms with E-state index in [1.165, 1.54) is 0 Å².